The number of aromatic nitrogens is 2. The summed E-state index contributed by atoms with van der Waals surface area (Å²) in [6.07, 6.45) is 7.59. The molecule has 6 heteroatoms. The Morgan fingerprint density at radius 3 is 2.42 bits per heavy atom. The van der Waals surface area contributed by atoms with Gasteiger partial charge < -0.3 is 20.1 Å². The average Bonchev–Trinajstić information content (AvgIpc) is 2.90. The Morgan fingerprint density at radius 2 is 1.73 bits per heavy atom. The zero-order valence-corrected chi connectivity index (χ0v) is 15.8. The van der Waals surface area contributed by atoms with Crippen LogP contribution in [0.1, 0.15) is 44.2 Å². The van der Waals surface area contributed by atoms with Crippen LogP contribution in [0.25, 0.3) is 0 Å². The van der Waals surface area contributed by atoms with Gasteiger partial charge in [0.15, 0.2) is 0 Å². The van der Waals surface area contributed by atoms with Crippen LogP contribution in [0, 0.1) is 6.92 Å². The summed E-state index contributed by atoms with van der Waals surface area (Å²) >= 11 is 0. The Morgan fingerprint density at radius 1 is 0.962 bits per heavy atom. The van der Waals surface area contributed by atoms with Crippen LogP contribution >= 0.6 is 0 Å². The topological polar surface area (TPSA) is 68.3 Å². The summed E-state index contributed by atoms with van der Waals surface area (Å²) in [4.78, 5) is 9.21. The summed E-state index contributed by atoms with van der Waals surface area (Å²) in [5, 5.41) is 6.86. The van der Waals surface area contributed by atoms with Crippen molar-refractivity contribution in [3.63, 3.8) is 0 Å². The van der Waals surface area contributed by atoms with Crippen molar-refractivity contribution in [1.29, 1.82) is 0 Å². The smallest absolute Gasteiger partial charge is 0.225 e. The minimum absolute atomic E-state index is 0.461. The van der Waals surface area contributed by atoms with E-state index in [1.165, 1.54) is 38.5 Å². The van der Waals surface area contributed by atoms with Gasteiger partial charge in [-0.15, -0.1) is 0 Å². The Labute approximate surface area is 155 Å². The van der Waals surface area contributed by atoms with E-state index >= 15 is 0 Å². The van der Waals surface area contributed by atoms with Crippen LogP contribution in [0.2, 0.25) is 0 Å². The lowest BCUT2D eigenvalue weighted by Crippen LogP contribution is -2.20. The maximum atomic E-state index is 5.45. The molecule has 1 aliphatic carbocycles. The summed E-state index contributed by atoms with van der Waals surface area (Å²) in [6.45, 7) is 1.98. The van der Waals surface area contributed by atoms with Crippen molar-refractivity contribution in [3.05, 3.63) is 30.0 Å². The molecule has 1 saturated carbocycles. The number of ether oxygens (including phenoxy) is 2. The molecule has 0 bridgehead atoms. The first kappa shape index (κ1) is 18.3. The first-order chi connectivity index (χ1) is 12.7. The van der Waals surface area contributed by atoms with Gasteiger partial charge in [0.25, 0.3) is 0 Å². The highest BCUT2D eigenvalue weighted by Crippen LogP contribution is 2.31. The zero-order valence-electron chi connectivity index (χ0n) is 15.8. The van der Waals surface area contributed by atoms with Crippen LogP contribution < -0.4 is 20.1 Å². The van der Waals surface area contributed by atoms with Crippen LogP contribution in [0.15, 0.2) is 24.3 Å². The summed E-state index contributed by atoms with van der Waals surface area (Å²) in [6, 6.07) is 8.06. The zero-order chi connectivity index (χ0) is 18.4. The van der Waals surface area contributed by atoms with E-state index in [0.717, 1.165) is 22.9 Å². The summed E-state index contributed by atoms with van der Waals surface area (Å²) < 4.78 is 10.7. The third-order valence-electron chi connectivity index (χ3n) is 4.71. The Hall–Kier alpha value is -2.50. The van der Waals surface area contributed by atoms with E-state index in [9.17, 15) is 0 Å². The van der Waals surface area contributed by atoms with E-state index in [4.69, 9.17) is 9.47 Å². The van der Waals surface area contributed by atoms with E-state index in [2.05, 4.69) is 20.6 Å². The van der Waals surface area contributed by atoms with Gasteiger partial charge in [-0.1, -0.05) is 25.7 Å². The summed E-state index contributed by atoms with van der Waals surface area (Å²) in [5.41, 5.74) is 1.76. The maximum Gasteiger partial charge on any atom is 0.225 e. The van der Waals surface area contributed by atoms with E-state index in [1.807, 2.05) is 31.2 Å². The van der Waals surface area contributed by atoms with Crippen LogP contribution in [-0.4, -0.2) is 30.2 Å². The number of nitrogens with one attached hydrogen (secondary N) is 2. The molecule has 6 nitrogen and oxygen atoms in total. The lowest BCUT2D eigenvalue weighted by atomic mass is 10.1. The van der Waals surface area contributed by atoms with E-state index in [-0.39, 0.29) is 0 Å². The summed E-state index contributed by atoms with van der Waals surface area (Å²) in [7, 11) is 3.28. The van der Waals surface area contributed by atoms with Gasteiger partial charge in [-0.25, -0.2) is 4.98 Å². The lowest BCUT2D eigenvalue weighted by molar-refractivity contribution is 0.395. The number of hydrogen-bond donors (Lipinski definition) is 2. The third kappa shape index (κ3) is 4.77. The molecule has 2 aromatic rings. The third-order valence-corrected chi connectivity index (χ3v) is 4.71. The number of nitrogens with zero attached hydrogens (tertiary/aromatic N) is 2. The highest BCUT2D eigenvalue weighted by Gasteiger charge is 2.14. The fourth-order valence-corrected chi connectivity index (χ4v) is 3.34. The molecule has 1 aliphatic rings. The molecule has 0 aliphatic heterocycles. The quantitative estimate of drug-likeness (QED) is 0.733. The largest absolute Gasteiger partial charge is 0.497 e. The molecule has 1 heterocycles. The molecular weight excluding hydrogens is 328 g/mol. The molecule has 0 spiro atoms. The van der Waals surface area contributed by atoms with Crippen molar-refractivity contribution in [2.24, 2.45) is 0 Å². The van der Waals surface area contributed by atoms with Gasteiger partial charge in [0.2, 0.25) is 5.95 Å². The molecule has 0 unspecified atom stereocenters. The fourth-order valence-electron chi connectivity index (χ4n) is 3.34. The number of methoxy groups -OCH3 is 2. The lowest BCUT2D eigenvalue weighted by Gasteiger charge is -2.17. The first-order valence-corrected chi connectivity index (χ1v) is 9.29. The van der Waals surface area contributed by atoms with Gasteiger partial charge in [0.05, 0.1) is 19.9 Å². The number of anilines is 3. The van der Waals surface area contributed by atoms with Gasteiger partial charge >= 0.3 is 0 Å². The molecule has 140 valence electrons. The molecule has 26 heavy (non-hydrogen) atoms. The van der Waals surface area contributed by atoms with Gasteiger partial charge in [-0.3, -0.25) is 0 Å². The predicted octanol–water partition coefficient (Wildman–Crippen LogP) is 4.68. The number of aryl methyl sites for hydroxylation is 1. The standard InChI is InChI=1S/C20H28N4O2/c1-14-12-19(23-17-11-10-16(25-2)13-18(17)26-3)24-20(21-14)22-15-8-6-4-5-7-9-15/h10-13,15H,4-9H2,1-3H3,(H2,21,22,23,24). The Kier molecular flexibility index (Phi) is 6.15. The van der Waals surface area contributed by atoms with Gasteiger partial charge in [0, 0.05) is 23.9 Å². The highest BCUT2D eigenvalue weighted by atomic mass is 16.5. The number of rotatable bonds is 6. The number of benzene rings is 1. The van der Waals surface area contributed by atoms with E-state index < -0.39 is 0 Å². The summed E-state index contributed by atoms with van der Waals surface area (Å²) in [5.74, 6) is 2.89. The van der Waals surface area contributed by atoms with Crippen LogP contribution in [0.4, 0.5) is 17.5 Å². The first-order valence-electron chi connectivity index (χ1n) is 9.29. The molecule has 0 saturated heterocycles. The molecule has 1 fully saturated rings. The molecule has 2 N–H and O–H groups in total. The van der Waals surface area contributed by atoms with Gasteiger partial charge in [-0.2, -0.15) is 4.98 Å². The highest BCUT2D eigenvalue weighted by molar-refractivity contribution is 5.66. The SMILES string of the molecule is COc1ccc(Nc2cc(C)nc(NC3CCCCCC3)n2)c(OC)c1. The number of hydrogen-bond acceptors (Lipinski definition) is 6. The second-order valence-electron chi connectivity index (χ2n) is 6.74. The molecule has 0 amide bonds. The monoisotopic (exact) mass is 356 g/mol. The van der Waals surface area contributed by atoms with Crippen LogP contribution in [-0.2, 0) is 0 Å². The Bertz CT molecular complexity index is 728. The molecule has 0 radical (unpaired) electrons. The fraction of sp³-hybridized carbons (Fsp3) is 0.500. The van der Waals surface area contributed by atoms with Gasteiger partial charge in [-0.05, 0) is 31.9 Å². The molecule has 3 rings (SSSR count). The van der Waals surface area contributed by atoms with E-state index in [1.54, 1.807) is 14.2 Å². The van der Waals surface area contributed by atoms with E-state index in [0.29, 0.717) is 17.7 Å². The predicted molar refractivity (Wildman–Crippen MR) is 105 cm³/mol. The maximum absolute atomic E-state index is 5.45. The van der Waals surface area contributed by atoms with Gasteiger partial charge in [0.1, 0.15) is 17.3 Å². The minimum Gasteiger partial charge on any atom is -0.497 e. The second-order valence-corrected chi connectivity index (χ2v) is 6.74. The van der Waals surface area contributed by atoms with Crippen molar-refractivity contribution in [3.8, 4) is 11.5 Å². The Balaban J connectivity index is 1.77. The molecular formula is C20H28N4O2. The molecule has 1 aromatic carbocycles. The second kappa shape index (κ2) is 8.74. The van der Waals surface area contributed by atoms with Crippen LogP contribution in [0.5, 0.6) is 11.5 Å². The van der Waals surface area contributed by atoms with Crippen molar-refractivity contribution < 1.29 is 9.47 Å². The van der Waals surface area contributed by atoms with Crippen molar-refractivity contribution in [1.82, 2.24) is 9.97 Å². The minimum atomic E-state index is 0.461. The van der Waals surface area contributed by atoms with Crippen LogP contribution in [0.3, 0.4) is 0 Å². The van der Waals surface area contributed by atoms with Crippen molar-refractivity contribution >= 4 is 17.5 Å². The normalized spacial score (nSPS) is 15.2. The van der Waals surface area contributed by atoms with Crippen molar-refractivity contribution in [2.75, 3.05) is 24.9 Å². The average molecular weight is 356 g/mol. The molecule has 0 atom stereocenters. The molecule has 1 aromatic heterocycles. The van der Waals surface area contributed by atoms with Crippen molar-refractivity contribution in [2.45, 2.75) is 51.5 Å².